The van der Waals surface area contributed by atoms with Crippen molar-refractivity contribution in [1.29, 1.82) is 0 Å². The molecule has 3 atom stereocenters. The van der Waals surface area contributed by atoms with Crippen LogP contribution in [0, 0.1) is 5.82 Å². The van der Waals surface area contributed by atoms with Crippen molar-refractivity contribution in [3.63, 3.8) is 0 Å². The minimum atomic E-state index is -0.429. The molecule has 1 saturated carbocycles. The molecule has 2 aromatic rings. The van der Waals surface area contributed by atoms with Gasteiger partial charge in [-0.25, -0.2) is 9.37 Å². The monoisotopic (exact) mass is 329 g/mol. The summed E-state index contributed by atoms with van der Waals surface area (Å²) in [7, 11) is 0. The van der Waals surface area contributed by atoms with Gasteiger partial charge in [0, 0.05) is 31.5 Å². The van der Waals surface area contributed by atoms with Gasteiger partial charge in [0.1, 0.15) is 12.2 Å². The molecule has 3 heterocycles. The highest BCUT2D eigenvalue weighted by Crippen LogP contribution is 2.33. The highest BCUT2D eigenvalue weighted by atomic mass is 19.1. The molecular formula is C18H20FN3O2. The number of nitrogens with zero attached hydrogens (tertiary/aromatic N) is 3. The summed E-state index contributed by atoms with van der Waals surface area (Å²) in [5.74, 6) is -0.365. The van der Waals surface area contributed by atoms with E-state index in [-0.39, 0.29) is 24.1 Å². The number of halogens is 1. The molecule has 2 fully saturated rings. The van der Waals surface area contributed by atoms with Gasteiger partial charge in [-0.15, -0.1) is 0 Å². The summed E-state index contributed by atoms with van der Waals surface area (Å²) in [5, 5.41) is 0. The Balaban J connectivity index is 1.45. The molecular weight excluding hydrogens is 309 g/mol. The molecule has 24 heavy (non-hydrogen) atoms. The Bertz CT molecular complexity index is 685. The number of fused-ring (bicyclic) bond motifs is 1. The summed E-state index contributed by atoms with van der Waals surface area (Å²) >= 11 is 0. The number of aromatic nitrogens is 2. The van der Waals surface area contributed by atoms with E-state index in [1.54, 1.807) is 12.3 Å². The zero-order chi connectivity index (χ0) is 16.4. The first-order valence-electron chi connectivity index (χ1n) is 8.34. The first-order valence-corrected chi connectivity index (χ1v) is 8.34. The third-order valence-corrected chi connectivity index (χ3v) is 4.73. The molecule has 2 aliphatic rings. The molecule has 6 heteroatoms. The molecule has 126 valence electrons. The molecule has 0 unspecified atom stereocenters. The molecule has 2 aromatic heterocycles. The van der Waals surface area contributed by atoms with E-state index in [2.05, 4.69) is 14.9 Å². The average Bonchev–Trinajstić information content (AvgIpc) is 3.02. The lowest BCUT2D eigenvalue weighted by Gasteiger charge is -2.38. The smallest absolute Gasteiger partial charge is 0.250 e. The van der Waals surface area contributed by atoms with E-state index in [0.717, 1.165) is 31.6 Å². The number of pyridine rings is 2. The van der Waals surface area contributed by atoms with E-state index in [9.17, 15) is 4.39 Å². The van der Waals surface area contributed by atoms with Crippen molar-refractivity contribution in [2.45, 2.75) is 37.6 Å². The van der Waals surface area contributed by atoms with Crippen LogP contribution < -0.4 is 4.74 Å². The van der Waals surface area contributed by atoms with Gasteiger partial charge < -0.3 is 9.47 Å². The lowest BCUT2D eigenvalue weighted by atomic mass is 10.1. The van der Waals surface area contributed by atoms with E-state index in [0.29, 0.717) is 6.61 Å². The number of rotatable bonds is 4. The summed E-state index contributed by atoms with van der Waals surface area (Å²) in [6.07, 6.45) is 4.95. The Morgan fingerprint density at radius 1 is 1.17 bits per heavy atom. The van der Waals surface area contributed by atoms with Crippen LogP contribution in [-0.2, 0) is 11.3 Å². The van der Waals surface area contributed by atoms with Gasteiger partial charge in [-0.05, 0) is 37.1 Å². The van der Waals surface area contributed by atoms with Crippen LogP contribution in [0.4, 0.5) is 4.39 Å². The van der Waals surface area contributed by atoms with Crippen molar-refractivity contribution in [2.75, 3.05) is 13.2 Å². The van der Waals surface area contributed by atoms with Crippen molar-refractivity contribution < 1.29 is 13.9 Å². The van der Waals surface area contributed by atoms with Gasteiger partial charge >= 0.3 is 0 Å². The molecule has 1 saturated heterocycles. The van der Waals surface area contributed by atoms with Crippen molar-refractivity contribution in [3.8, 4) is 5.88 Å². The van der Waals surface area contributed by atoms with E-state index >= 15 is 0 Å². The number of hydrogen-bond donors (Lipinski definition) is 0. The standard InChI is InChI=1S/C18H20FN3O2/c19-14-5-3-9-21-18(14)24-16-7-6-15-17(16)23-11-10-22(15)12-13-4-1-2-8-20-13/h1-5,8-9,15-17H,6-7,10-12H2/t15-,16-,17+/m1/s1. The van der Waals surface area contributed by atoms with E-state index < -0.39 is 5.82 Å². The maximum absolute atomic E-state index is 13.8. The first kappa shape index (κ1) is 15.5. The number of ether oxygens (including phenoxy) is 2. The average molecular weight is 329 g/mol. The second-order valence-corrected chi connectivity index (χ2v) is 6.22. The van der Waals surface area contributed by atoms with E-state index in [1.165, 1.54) is 6.07 Å². The third kappa shape index (κ3) is 3.12. The van der Waals surface area contributed by atoms with Crippen LogP contribution in [0.2, 0.25) is 0 Å². The Hall–Kier alpha value is -2.05. The van der Waals surface area contributed by atoms with Crippen molar-refractivity contribution in [3.05, 3.63) is 54.2 Å². The summed E-state index contributed by atoms with van der Waals surface area (Å²) in [6, 6.07) is 9.17. The second-order valence-electron chi connectivity index (χ2n) is 6.22. The predicted molar refractivity (Wildman–Crippen MR) is 86.0 cm³/mol. The molecule has 5 nitrogen and oxygen atoms in total. The normalized spacial score (nSPS) is 27.0. The summed E-state index contributed by atoms with van der Waals surface area (Å²) in [6.45, 7) is 2.33. The van der Waals surface area contributed by atoms with Gasteiger partial charge in [0.15, 0.2) is 5.82 Å². The zero-order valence-electron chi connectivity index (χ0n) is 13.3. The minimum absolute atomic E-state index is 0.0520. The molecule has 0 N–H and O–H groups in total. The van der Waals surface area contributed by atoms with Crippen molar-refractivity contribution in [2.24, 2.45) is 0 Å². The summed E-state index contributed by atoms with van der Waals surface area (Å²) in [5.41, 5.74) is 1.05. The van der Waals surface area contributed by atoms with Gasteiger partial charge in [-0.1, -0.05) is 6.07 Å². The molecule has 1 aliphatic carbocycles. The van der Waals surface area contributed by atoms with Gasteiger partial charge in [0.05, 0.1) is 12.3 Å². The fraction of sp³-hybridized carbons (Fsp3) is 0.444. The van der Waals surface area contributed by atoms with Crippen LogP contribution in [0.15, 0.2) is 42.7 Å². The largest absolute Gasteiger partial charge is 0.469 e. The Morgan fingerprint density at radius 3 is 2.92 bits per heavy atom. The molecule has 0 bridgehead atoms. The van der Waals surface area contributed by atoms with Crippen molar-refractivity contribution >= 4 is 0 Å². The SMILES string of the molecule is Fc1cccnc1O[C@@H]1CC[C@@H]2[C@@H]1OCCN2Cc1ccccn1. The zero-order valence-corrected chi connectivity index (χ0v) is 13.3. The molecule has 0 radical (unpaired) electrons. The summed E-state index contributed by atoms with van der Waals surface area (Å²) < 4.78 is 25.6. The van der Waals surface area contributed by atoms with Crippen LogP contribution in [0.25, 0.3) is 0 Å². The Labute approximate surface area is 140 Å². The first-order chi connectivity index (χ1) is 11.8. The van der Waals surface area contributed by atoms with E-state index in [4.69, 9.17) is 9.47 Å². The van der Waals surface area contributed by atoms with Crippen LogP contribution in [0.3, 0.4) is 0 Å². The molecule has 0 amide bonds. The van der Waals surface area contributed by atoms with Crippen molar-refractivity contribution in [1.82, 2.24) is 14.9 Å². The van der Waals surface area contributed by atoms with Gasteiger partial charge in [0.2, 0.25) is 0 Å². The van der Waals surface area contributed by atoms with Crippen LogP contribution in [0.5, 0.6) is 5.88 Å². The molecule has 0 aromatic carbocycles. The highest BCUT2D eigenvalue weighted by Gasteiger charge is 2.44. The highest BCUT2D eigenvalue weighted by molar-refractivity contribution is 5.14. The summed E-state index contributed by atoms with van der Waals surface area (Å²) in [4.78, 5) is 10.8. The maximum atomic E-state index is 13.8. The van der Waals surface area contributed by atoms with Crippen LogP contribution in [0.1, 0.15) is 18.5 Å². The van der Waals surface area contributed by atoms with Crippen LogP contribution in [-0.4, -0.2) is 46.3 Å². The molecule has 0 spiro atoms. The Kier molecular flexibility index (Phi) is 4.40. The number of morpholine rings is 1. The van der Waals surface area contributed by atoms with Gasteiger partial charge in [-0.2, -0.15) is 0 Å². The number of hydrogen-bond acceptors (Lipinski definition) is 5. The Morgan fingerprint density at radius 2 is 2.08 bits per heavy atom. The molecule has 4 rings (SSSR count). The van der Waals surface area contributed by atoms with E-state index in [1.807, 2.05) is 24.4 Å². The second kappa shape index (κ2) is 6.83. The fourth-order valence-electron chi connectivity index (χ4n) is 3.62. The lowest BCUT2D eigenvalue weighted by Crippen LogP contribution is -2.51. The topological polar surface area (TPSA) is 47.5 Å². The van der Waals surface area contributed by atoms with Crippen LogP contribution >= 0.6 is 0 Å². The third-order valence-electron chi connectivity index (χ3n) is 4.73. The molecule has 1 aliphatic heterocycles. The maximum Gasteiger partial charge on any atom is 0.250 e. The lowest BCUT2D eigenvalue weighted by molar-refractivity contribution is -0.0930. The minimum Gasteiger partial charge on any atom is -0.469 e. The fourth-order valence-corrected chi connectivity index (χ4v) is 3.62. The predicted octanol–water partition coefficient (Wildman–Crippen LogP) is 2.43. The van der Waals surface area contributed by atoms with Gasteiger partial charge in [-0.3, -0.25) is 9.88 Å². The van der Waals surface area contributed by atoms with Gasteiger partial charge in [0.25, 0.3) is 5.88 Å². The quantitative estimate of drug-likeness (QED) is 0.862.